The number of halogens is 1. The first-order chi connectivity index (χ1) is 8.16. The molecular formula is C11H7BrN2O3. The molecule has 0 spiro atoms. The lowest BCUT2D eigenvalue weighted by Crippen LogP contribution is -2.02. The molecule has 0 saturated carbocycles. The van der Waals surface area contributed by atoms with Gasteiger partial charge in [0.15, 0.2) is 5.69 Å². The summed E-state index contributed by atoms with van der Waals surface area (Å²) in [5.74, 6) is -0.598. The summed E-state index contributed by atoms with van der Waals surface area (Å²) in [5, 5.41) is 8.77. The van der Waals surface area contributed by atoms with Crippen molar-refractivity contribution in [3.05, 3.63) is 46.7 Å². The maximum absolute atomic E-state index is 10.7. The third kappa shape index (κ3) is 2.79. The summed E-state index contributed by atoms with van der Waals surface area (Å²) in [6, 6.07) is 8.45. The summed E-state index contributed by atoms with van der Waals surface area (Å²) in [6.07, 6.45) is 1.34. The van der Waals surface area contributed by atoms with E-state index in [9.17, 15) is 4.79 Å². The third-order valence-electron chi connectivity index (χ3n) is 1.89. The van der Waals surface area contributed by atoms with Gasteiger partial charge in [-0.05, 0) is 34.1 Å². The van der Waals surface area contributed by atoms with E-state index in [1.165, 1.54) is 12.3 Å². The van der Waals surface area contributed by atoms with Gasteiger partial charge in [0.2, 0.25) is 0 Å². The van der Waals surface area contributed by atoms with Gasteiger partial charge in [0.1, 0.15) is 5.75 Å². The highest BCUT2D eigenvalue weighted by molar-refractivity contribution is 9.10. The Kier molecular flexibility index (Phi) is 3.34. The number of nitrogens with zero attached hydrogens (tertiary/aromatic N) is 2. The van der Waals surface area contributed by atoms with Crippen LogP contribution in [-0.2, 0) is 0 Å². The lowest BCUT2D eigenvalue weighted by molar-refractivity contribution is 0.0689. The zero-order valence-corrected chi connectivity index (χ0v) is 10.1. The summed E-state index contributed by atoms with van der Waals surface area (Å²) in [4.78, 5) is 18.3. The summed E-state index contributed by atoms with van der Waals surface area (Å²) in [7, 11) is 0. The minimum Gasteiger partial charge on any atom is -0.477 e. The van der Waals surface area contributed by atoms with Crippen LogP contribution in [0.5, 0.6) is 11.8 Å². The summed E-state index contributed by atoms with van der Waals surface area (Å²) in [6.45, 7) is 0. The van der Waals surface area contributed by atoms with Crippen molar-refractivity contribution in [2.24, 2.45) is 0 Å². The van der Waals surface area contributed by atoms with Crippen LogP contribution in [0, 0.1) is 0 Å². The first-order valence-electron chi connectivity index (χ1n) is 4.65. The second-order valence-corrected chi connectivity index (χ2v) is 3.92. The zero-order chi connectivity index (χ0) is 12.3. The van der Waals surface area contributed by atoms with Gasteiger partial charge in [0.25, 0.3) is 0 Å². The SMILES string of the molecule is O=C(O)c1ccnc(Oc2ccccc2Br)n1. The Bertz CT molecular complexity index is 560. The second-order valence-electron chi connectivity index (χ2n) is 3.06. The minimum atomic E-state index is -1.12. The van der Waals surface area contributed by atoms with E-state index in [1.807, 2.05) is 6.07 Å². The molecule has 0 radical (unpaired) electrons. The Balaban J connectivity index is 2.28. The summed E-state index contributed by atoms with van der Waals surface area (Å²) < 4.78 is 6.11. The smallest absolute Gasteiger partial charge is 0.354 e. The van der Waals surface area contributed by atoms with Crippen molar-refractivity contribution in [1.29, 1.82) is 0 Å². The molecule has 1 aromatic heterocycles. The number of rotatable bonds is 3. The van der Waals surface area contributed by atoms with Crippen LogP contribution in [-0.4, -0.2) is 21.0 Å². The molecule has 6 heteroatoms. The minimum absolute atomic E-state index is 0.00296. The van der Waals surface area contributed by atoms with E-state index in [-0.39, 0.29) is 11.7 Å². The van der Waals surface area contributed by atoms with E-state index in [1.54, 1.807) is 18.2 Å². The Morgan fingerprint density at radius 1 is 1.29 bits per heavy atom. The molecule has 17 heavy (non-hydrogen) atoms. The Morgan fingerprint density at radius 2 is 2.06 bits per heavy atom. The molecular weight excluding hydrogens is 288 g/mol. The quantitative estimate of drug-likeness (QED) is 0.942. The molecule has 1 heterocycles. The summed E-state index contributed by atoms with van der Waals surface area (Å²) in [5.41, 5.74) is -0.109. The standard InChI is InChI=1S/C11H7BrN2O3/c12-7-3-1-2-4-9(7)17-11-13-6-5-8(14-11)10(15)16/h1-6H,(H,15,16). The molecule has 0 fully saturated rings. The molecule has 0 unspecified atom stereocenters. The molecule has 0 aliphatic carbocycles. The number of hydrogen-bond donors (Lipinski definition) is 1. The highest BCUT2D eigenvalue weighted by Gasteiger charge is 2.08. The normalized spacial score (nSPS) is 9.94. The monoisotopic (exact) mass is 294 g/mol. The van der Waals surface area contributed by atoms with Crippen LogP contribution >= 0.6 is 15.9 Å². The van der Waals surface area contributed by atoms with Gasteiger partial charge >= 0.3 is 12.0 Å². The van der Waals surface area contributed by atoms with Gasteiger partial charge in [0, 0.05) is 6.20 Å². The highest BCUT2D eigenvalue weighted by Crippen LogP contribution is 2.27. The molecule has 2 aromatic rings. The molecule has 0 aliphatic heterocycles. The number of ether oxygens (including phenoxy) is 1. The Morgan fingerprint density at radius 3 is 2.76 bits per heavy atom. The zero-order valence-electron chi connectivity index (χ0n) is 8.50. The average molecular weight is 295 g/mol. The Labute approximate surface area is 105 Å². The fraction of sp³-hybridized carbons (Fsp3) is 0. The van der Waals surface area contributed by atoms with E-state index in [2.05, 4.69) is 25.9 Å². The van der Waals surface area contributed by atoms with E-state index in [0.29, 0.717) is 5.75 Å². The molecule has 0 bridgehead atoms. The van der Waals surface area contributed by atoms with E-state index >= 15 is 0 Å². The van der Waals surface area contributed by atoms with Gasteiger partial charge in [-0.2, -0.15) is 4.98 Å². The predicted molar refractivity (Wildman–Crippen MR) is 63.2 cm³/mol. The van der Waals surface area contributed by atoms with Gasteiger partial charge in [-0.15, -0.1) is 0 Å². The summed E-state index contributed by atoms with van der Waals surface area (Å²) >= 11 is 3.30. The number of benzene rings is 1. The van der Waals surface area contributed by atoms with Crippen LogP contribution in [0.3, 0.4) is 0 Å². The van der Waals surface area contributed by atoms with Crippen molar-refractivity contribution >= 4 is 21.9 Å². The molecule has 0 saturated heterocycles. The van der Waals surface area contributed by atoms with Crippen LogP contribution in [0.2, 0.25) is 0 Å². The van der Waals surface area contributed by atoms with Crippen molar-refractivity contribution < 1.29 is 14.6 Å². The number of para-hydroxylation sites is 1. The molecule has 0 aliphatic rings. The third-order valence-corrected chi connectivity index (χ3v) is 2.55. The predicted octanol–water partition coefficient (Wildman–Crippen LogP) is 2.73. The van der Waals surface area contributed by atoms with Gasteiger partial charge < -0.3 is 9.84 Å². The van der Waals surface area contributed by atoms with Crippen molar-refractivity contribution in [2.75, 3.05) is 0 Å². The largest absolute Gasteiger partial charge is 0.477 e. The molecule has 86 valence electrons. The van der Waals surface area contributed by atoms with Crippen molar-refractivity contribution in [2.45, 2.75) is 0 Å². The molecule has 0 atom stereocenters. The maximum Gasteiger partial charge on any atom is 0.354 e. The van der Waals surface area contributed by atoms with Crippen LogP contribution in [0.1, 0.15) is 10.5 Å². The molecule has 2 rings (SSSR count). The Hall–Kier alpha value is -1.95. The van der Waals surface area contributed by atoms with Gasteiger partial charge in [-0.1, -0.05) is 12.1 Å². The lowest BCUT2D eigenvalue weighted by atomic mass is 10.3. The molecule has 1 aromatic carbocycles. The number of aromatic carboxylic acids is 1. The van der Waals surface area contributed by atoms with Crippen LogP contribution < -0.4 is 4.74 Å². The van der Waals surface area contributed by atoms with E-state index < -0.39 is 5.97 Å². The number of carboxylic acid groups (broad SMARTS) is 1. The van der Waals surface area contributed by atoms with Crippen LogP contribution in [0.25, 0.3) is 0 Å². The van der Waals surface area contributed by atoms with Gasteiger partial charge in [0.05, 0.1) is 4.47 Å². The fourth-order valence-electron chi connectivity index (χ4n) is 1.13. The highest BCUT2D eigenvalue weighted by atomic mass is 79.9. The average Bonchev–Trinajstić information content (AvgIpc) is 2.32. The van der Waals surface area contributed by atoms with Crippen LogP contribution in [0.15, 0.2) is 41.0 Å². The first-order valence-corrected chi connectivity index (χ1v) is 5.45. The van der Waals surface area contributed by atoms with Gasteiger partial charge in [-0.25, -0.2) is 9.78 Å². The molecule has 0 amide bonds. The van der Waals surface area contributed by atoms with E-state index in [4.69, 9.17) is 9.84 Å². The molecule has 1 N–H and O–H groups in total. The maximum atomic E-state index is 10.7. The second kappa shape index (κ2) is 4.92. The van der Waals surface area contributed by atoms with Gasteiger partial charge in [-0.3, -0.25) is 0 Å². The topological polar surface area (TPSA) is 72.3 Å². The number of aromatic nitrogens is 2. The first kappa shape index (κ1) is 11.5. The molecule has 5 nitrogen and oxygen atoms in total. The van der Waals surface area contributed by atoms with Crippen molar-refractivity contribution in [3.8, 4) is 11.8 Å². The number of hydrogen-bond acceptors (Lipinski definition) is 4. The van der Waals surface area contributed by atoms with Crippen molar-refractivity contribution in [3.63, 3.8) is 0 Å². The van der Waals surface area contributed by atoms with E-state index in [0.717, 1.165) is 4.47 Å². The number of carboxylic acids is 1. The number of carbonyl (C=O) groups is 1. The fourth-order valence-corrected chi connectivity index (χ4v) is 1.50. The van der Waals surface area contributed by atoms with Crippen molar-refractivity contribution in [1.82, 2.24) is 9.97 Å². The lowest BCUT2D eigenvalue weighted by Gasteiger charge is -2.05. The van der Waals surface area contributed by atoms with Crippen LogP contribution in [0.4, 0.5) is 0 Å².